The van der Waals surface area contributed by atoms with Gasteiger partial charge in [-0.25, -0.2) is 4.98 Å². The smallest absolute Gasteiger partial charge is 0.131 e. The molecular weight excluding hydrogens is 260 g/mol. The molecule has 0 aromatic carbocycles. The minimum atomic E-state index is 0.351. The zero-order valence-electron chi connectivity index (χ0n) is 11.5. The van der Waals surface area contributed by atoms with Crippen LogP contribution in [0.5, 0.6) is 0 Å². The van der Waals surface area contributed by atoms with Crippen LogP contribution in [-0.2, 0) is 0 Å². The number of nitrogens with one attached hydrogen (secondary N) is 2. The maximum absolute atomic E-state index is 8.34. The SMILES string of the molecule is CCC(C)Nc1cc(Cl)ncc1C(=N)N1CCCC1. The first-order chi connectivity index (χ1) is 9.11. The van der Waals surface area contributed by atoms with Crippen LogP contribution < -0.4 is 5.32 Å². The number of amidine groups is 1. The monoisotopic (exact) mass is 280 g/mol. The largest absolute Gasteiger partial charge is 0.382 e. The molecular formula is C14H21ClN4. The van der Waals surface area contributed by atoms with E-state index in [1.54, 1.807) is 6.20 Å². The summed E-state index contributed by atoms with van der Waals surface area (Å²) in [5.74, 6) is 0.549. The number of aromatic nitrogens is 1. The van der Waals surface area contributed by atoms with Gasteiger partial charge in [-0.2, -0.15) is 0 Å². The van der Waals surface area contributed by atoms with Crippen molar-refractivity contribution in [3.63, 3.8) is 0 Å². The van der Waals surface area contributed by atoms with Crippen molar-refractivity contribution in [2.75, 3.05) is 18.4 Å². The van der Waals surface area contributed by atoms with Crippen molar-refractivity contribution < 1.29 is 0 Å². The minimum absolute atomic E-state index is 0.351. The molecule has 1 saturated heterocycles. The summed E-state index contributed by atoms with van der Waals surface area (Å²) in [7, 11) is 0. The summed E-state index contributed by atoms with van der Waals surface area (Å²) in [6.45, 7) is 6.18. The molecule has 1 unspecified atom stereocenters. The summed E-state index contributed by atoms with van der Waals surface area (Å²) in [6, 6.07) is 2.16. The molecule has 0 bridgehead atoms. The van der Waals surface area contributed by atoms with Crippen LogP contribution in [0.1, 0.15) is 38.7 Å². The molecule has 0 aliphatic carbocycles. The first-order valence-electron chi connectivity index (χ1n) is 6.87. The fraction of sp³-hybridized carbons (Fsp3) is 0.571. The number of nitrogens with zero attached hydrogens (tertiary/aromatic N) is 2. The van der Waals surface area contributed by atoms with Gasteiger partial charge in [0.15, 0.2) is 0 Å². The van der Waals surface area contributed by atoms with Gasteiger partial charge in [0, 0.05) is 31.0 Å². The Kier molecular flexibility index (Phi) is 4.64. The highest BCUT2D eigenvalue weighted by atomic mass is 35.5. The maximum Gasteiger partial charge on any atom is 0.131 e. The maximum atomic E-state index is 8.34. The van der Waals surface area contributed by atoms with Crippen molar-refractivity contribution in [2.45, 2.75) is 39.2 Å². The molecule has 0 radical (unpaired) electrons. The van der Waals surface area contributed by atoms with E-state index in [0.717, 1.165) is 43.6 Å². The highest BCUT2D eigenvalue weighted by molar-refractivity contribution is 6.29. The van der Waals surface area contributed by atoms with Crippen molar-refractivity contribution in [3.05, 3.63) is 23.0 Å². The van der Waals surface area contributed by atoms with Gasteiger partial charge in [-0.1, -0.05) is 18.5 Å². The minimum Gasteiger partial charge on any atom is -0.382 e. The van der Waals surface area contributed by atoms with Gasteiger partial charge in [-0.05, 0) is 32.3 Å². The van der Waals surface area contributed by atoms with E-state index < -0.39 is 0 Å². The topological polar surface area (TPSA) is 52.0 Å². The summed E-state index contributed by atoms with van der Waals surface area (Å²) in [6.07, 6.45) is 5.05. The Balaban J connectivity index is 2.25. The summed E-state index contributed by atoms with van der Waals surface area (Å²) in [5.41, 5.74) is 1.75. The van der Waals surface area contributed by atoms with Crippen molar-refractivity contribution in [1.82, 2.24) is 9.88 Å². The van der Waals surface area contributed by atoms with Crippen molar-refractivity contribution >= 4 is 23.1 Å². The van der Waals surface area contributed by atoms with Crippen molar-refractivity contribution in [2.24, 2.45) is 0 Å². The molecule has 0 spiro atoms. The Morgan fingerprint density at radius 1 is 1.53 bits per heavy atom. The first-order valence-corrected chi connectivity index (χ1v) is 7.25. The molecule has 1 aromatic heterocycles. The highest BCUT2D eigenvalue weighted by Gasteiger charge is 2.19. The molecule has 1 atom stereocenters. The number of hydrogen-bond acceptors (Lipinski definition) is 3. The Bertz CT molecular complexity index is 455. The van der Waals surface area contributed by atoms with Gasteiger partial charge in [0.25, 0.3) is 0 Å². The lowest BCUT2D eigenvalue weighted by molar-refractivity contribution is 0.517. The zero-order valence-corrected chi connectivity index (χ0v) is 12.3. The second kappa shape index (κ2) is 6.24. The second-order valence-corrected chi connectivity index (χ2v) is 5.44. The molecule has 1 aliphatic rings. The molecule has 2 heterocycles. The van der Waals surface area contributed by atoms with Crippen LogP contribution >= 0.6 is 11.6 Å². The van der Waals surface area contributed by atoms with E-state index in [0.29, 0.717) is 17.0 Å². The zero-order chi connectivity index (χ0) is 13.8. The molecule has 1 aliphatic heterocycles. The van der Waals surface area contributed by atoms with E-state index >= 15 is 0 Å². The van der Waals surface area contributed by atoms with E-state index in [4.69, 9.17) is 17.0 Å². The Morgan fingerprint density at radius 3 is 2.84 bits per heavy atom. The standard InChI is InChI=1S/C14H21ClN4/c1-3-10(2)18-12-8-13(15)17-9-11(12)14(16)19-6-4-5-7-19/h8-10,16H,3-7H2,1-2H3,(H,17,18). The third-order valence-electron chi connectivity index (χ3n) is 3.56. The normalized spacial score (nSPS) is 16.5. The van der Waals surface area contributed by atoms with Gasteiger partial charge in [0.2, 0.25) is 0 Å². The van der Waals surface area contributed by atoms with Crippen LogP contribution in [0.3, 0.4) is 0 Å². The predicted molar refractivity (Wildman–Crippen MR) is 80.3 cm³/mol. The molecule has 1 fully saturated rings. The third-order valence-corrected chi connectivity index (χ3v) is 3.77. The summed E-state index contributed by atoms with van der Waals surface area (Å²) in [5, 5.41) is 12.2. The molecule has 4 nitrogen and oxygen atoms in total. The average molecular weight is 281 g/mol. The van der Waals surface area contributed by atoms with E-state index in [2.05, 4.69) is 29.0 Å². The van der Waals surface area contributed by atoms with E-state index in [9.17, 15) is 0 Å². The molecule has 0 saturated carbocycles. The molecule has 2 rings (SSSR count). The molecule has 5 heteroatoms. The number of anilines is 1. The second-order valence-electron chi connectivity index (χ2n) is 5.05. The van der Waals surface area contributed by atoms with Gasteiger partial charge in [-0.3, -0.25) is 5.41 Å². The third kappa shape index (κ3) is 3.38. The quantitative estimate of drug-likeness (QED) is 0.505. The van der Waals surface area contributed by atoms with Crippen LogP contribution in [-0.4, -0.2) is 34.9 Å². The van der Waals surface area contributed by atoms with Crippen molar-refractivity contribution in [3.8, 4) is 0 Å². The number of hydrogen-bond donors (Lipinski definition) is 2. The van der Waals surface area contributed by atoms with Crippen LogP contribution in [0.25, 0.3) is 0 Å². The van der Waals surface area contributed by atoms with E-state index in [-0.39, 0.29) is 0 Å². The lowest BCUT2D eigenvalue weighted by Gasteiger charge is -2.22. The Morgan fingerprint density at radius 2 is 2.21 bits per heavy atom. The molecule has 0 amide bonds. The Hall–Kier alpha value is -1.29. The van der Waals surface area contributed by atoms with Crippen LogP contribution in [0.4, 0.5) is 5.69 Å². The van der Waals surface area contributed by atoms with Gasteiger partial charge in [0.05, 0.1) is 5.56 Å². The fourth-order valence-electron chi connectivity index (χ4n) is 2.22. The van der Waals surface area contributed by atoms with E-state index in [1.165, 1.54) is 0 Å². The molecule has 19 heavy (non-hydrogen) atoms. The van der Waals surface area contributed by atoms with Crippen LogP contribution in [0.2, 0.25) is 5.15 Å². The fourth-order valence-corrected chi connectivity index (χ4v) is 2.37. The first kappa shape index (κ1) is 14.1. The van der Waals surface area contributed by atoms with Crippen molar-refractivity contribution in [1.29, 1.82) is 5.41 Å². The summed E-state index contributed by atoms with van der Waals surface area (Å²) < 4.78 is 0. The van der Waals surface area contributed by atoms with Gasteiger partial charge in [0.1, 0.15) is 11.0 Å². The average Bonchev–Trinajstić information content (AvgIpc) is 2.92. The Labute approximate surface area is 119 Å². The highest BCUT2D eigenvalue weighted by Crippen LogP contribution is 2.23. The van der Waals surface area contributed by atoms with Gasteiger partial charge >= 0.3 is 0 Å². The lowest BCUT2D eigenvalue weighted by Crippen LogP contribution is -2.29. The van der Waals surface area contributed by atoms with Crippen LogP contribution in [0, 0.1) is 5.41 Å². The molecule has 1 aromatic rings. The number of rotatable bonds is 4. The summed E-state index contributed by atoms with van der Waals surface area (Å²) in [4.78, 5) is 6.23. The van der Waals surface area contributed by atoms with Crippen LogP contribution in [0.15, 0.2) is 12.3 Å². The number of likely N-dealkylation sites (tertiary alicyclic amines) is 1. The number of pyridine rings is 1. The molecule has 104 valence electrons. The lowest BCUT2D eigenvalue weighted by atomic mass is 10.1. The summed E-state index contributed by atoms with van der Waals surface area (Å²) >= 11 is 5.97. The molecule has 2 N–H and O–H groups in total. The van der Waals surface area contributed by atoms with E-state index in [1.807, 2.05) is 6.07 Å². The number of halogens is 1. The van der Waals surface area contributed by atoms with Gasteiger partial charge < -0.3 is 10.2 Å². The van der Waals surface area contributed by atoms with Gasteiger partial charge in [-0.15, -0.1) is 0 Å². The predicted octanol–water partition coefficient (Wildman–Crippen LogP) is 3.37.